The van der Waals surface area contributed by atoms with Crippen LogP contribution in [-0.4, -0.2) is 60.0 Å². The van der Waals surface area contributed by atoms with Gasteiger partial charge in [0.1, 0.15) is 12.1 Å². The molecule has 12 nitrogen and oxygen atoms in total. The Bertz CT molecular complexity index is 1100. The molecular formula is C25H31N3O9. The van der Waals surface area contributed by atoms with Crippen LogP contribution in [0.1, 0.15) is 49.0 Å². The van der Waals surface area contributed by atoms with Crippen molar-refractivity contribution in [1.29, 1.82) is 0 Å². The molecule has 0 unspecified atom stereocenters. The fourth-order valence-corrected chi connectivity index (χ4v) is 3.57. The highest BCUT2D eigenvalue weighted by Crippen LogP contribution is 2.40. The second kappa shape index (κ2) is 14.4. The number of ether oxygens (including phenoxy) is 3. The molecule has 0 aliphatic rings. The molecule has 2 aromatic rings. The number of hydrogen-bond acceptors (Lipinski definition) is 9. The molecule has 37 heavy (non-hydrogen) atoms. The maximum absolute atomic E-state index is 13.5. The average molecular weight is 518 g/mol. The van der Waals surface area contributed by atoms with Gasteiger partial charge in [-0.3, -0.25) is 29.8 Å². The zero-order valence-electron chi connectivity index (χ0n) is 21.1. The molecule has 0 bridgehead atoms. The lowest BCUT2D eigenvalue weighted by Gasteiger charge is -2.22. The maximum Gasteiger partial charge on any atom is 0.327 e. The van der Waals surface area contributed by atoms with Crippen molar-refractivity contribution >= 4 is 23.3 Å². The summed E-state index contributed by atoms with van der Waals surface area (Å²) in [6, 6.07) is 8.44. The zero-order chi connectivity index (χ0) is 27.4. The third-order valence-corrected chi connectivity index (χ3v) is 5.45. The van der Waals surface area contributed by atoms with Crippen molar-refractivity contribution in [3.8, 4) is 11.5 Å². The Balaban J connectivity index is 2.39. The number of esters is 1. The number of nitro benzene ring substituents is 2. The fourth-order valence-electron chi connectivity index (χ4n) is 3.57. The van der Waals surface area contributed by atoms with Gasteiger partial charge in [0.25, 0.3) is 11.6 Å². The molecule has 0 aromatic heterocycles. The second-order valence-corrected chi connectivity index (χ2v) is 8.01. The van der Waals surface area contributed by atoms with Crippen molar-refractivity contribution in [2.45, 2.75) is 39.5 Å². The van der Waals surface area contributed by atoms with E-state index in [1.165, 1.54) is 31.4 Å². The summed E-state index contributed by atoms with van der Waals surface area (Å²) < 4.78 is 15.9. The first-order valence-corrected chi connectivity index (χ1v) is 11.9. The molecule has 0 aliphatic heterocycles. The molecule has 200 valence electrons. The van der Waals surface area contributed by atoms with E-state index in [0.717, 1.165) is 17.7 Å². The van der Waals surface area contributed by atoms with Crippen molar-refractivity contribution in [2.75, 3.05) is 33.4 Å². The van der Waals surface area contributed by atoms with Crippen molar-refractivity contribution in [3.05, 3.63) is 67.8 Å². The Morgan fingerprint density at radius 3 is 2.24 bits per heavy atom. The number of hydrogen-bond donors (Lipinski definition) is 0. The third kappa shape index (κ3) is 8.16. The van der Waals surface area contributed by atoms with Gasteiger partial charge in [-0.25, -0.2) is 0 Å². The van der Waals surface area contributed by atoms with Gasteiger partial charge in [-0.05, 0) is 37.5 Å². The highest BCUT2D eigenvalue weighted by atomic mass is 16.6. The second-order valence-electron chi connectivity index (χ2n) is 8.01. The van der Waals surface area contributed by atoms with Crippen molar-refractivity contribution < 1.29 is 33.6 Å². The predicted molar refractivity (Wildman–Crippen MR) is 134 cm³/mol. The summed E-state index contributed by atoms with van der Waals surface area (Å²) in [6.07, 6.45) is 2.70. The minimum atomic E-state index is -0.761. The summed E-state index contributed by atoms with van der Waals surface area (Å²) in [6.45, 7) is 3.51. The van der Waals surface area contributed by atoms with Gasteiger partial charge in [-0.2, -0.15) is 0 Å². The third-order valence-electron chi connectivity index (χ3n) is 5.45. The summed E-state index contributed by atoms with van der Waals surface area (Å²) in [7, 11) is 1.34. The van der Waals surface area contributed by atoms with Crippen LogP contribution in [0.2, 0.25) is 0 Å². The number of nitro groups is 2. The van der Waals surface area contributed by atoms with Crippen molar-refractivity contribution in [1.82, 2.24) is 4.90 Å². The molecule has 0 fully saturated rings. The first-order valence-electron chi connectivity index (χ1n) is 11.9. The number of amides is 1. The Kier molecular flexibility index (Phi) is 11.3. The van der Waals surface area contributed by atoms with Crippen molar-refractivity contribution in [3.63, 3.8) is 0 Å². The van der Waals surface area contributed by atoms with Crippen LogP contribution in [0.15, 0.2) is 36.4 Å². The molecule has 2 rings (SSSR count). The number of benzene rings is 2. The summed E-state index contributed by atoms with van der Waals surface area (Å²) in [4.78, 5) is 48.7. The van der Waals surface area contributed by atoms with Crippen LogP contribution in [0.3, 0.4) is 0 Å². The summed E-state index contributed by atoms with van der Waals surface area (Å²) >= 11 is 0. The molecule has 0 saturated heterocycles. The topological polar surface area (TPSA) is 151 Å². The van der Waals surface area contributed by atoms with Crippen LogP contribution in [0.5, 0.6) is 11.5 Å². The molecule has 1 amide bonds. The molecule has 0 aliphatic carbocycles. The van der Waals surface area contributed by atoms with Crippen LogP contribution in [0.25, 0.3) is 0 Å². The molecule has 2 aromatic carbocycles. The van der Waals surface area contributed by atoms with E-state index in [4.69, 9.17) is 14.2 Å². The number of nitrogens with zero attached hydrogens (tertiary/aromatic N) is 3. The van der Waals surface area contributed by atoms with E-state index in [-0.39, 0.29) is 48.9 Å². The van der Waals surface area contributed by atoms with Crippen molar-refractivity contribution in [2.24, 2.45) is 0 Å². The highest BCUT2D eigenvalue weighted by molar-refractivity contribution is 6.01. The van der Waals surface area contributed by atoms with Crippen LogP contribution >= 0.6 is 0 Å². The van der Waals surface area contributed by atoms with Gasteiger partial charge in [-0.15, -0.1) is 0 Å². The van der Waals surface area contributed by atoms with Crippen LogP contribution in [-0.2, 0) is 16.0 Å². The Morgan fingerprint density at radius 2 is 1.68 bits per heavy atom. The average Bonchev–Trinajstić information content (AvgIpc) is 2.88. The number of carbonyl (C=O) groups excluding carboxylic acids is 2. The molecular weight excluding hydrogens is 486 g/mol. The zero-order valence-corrected chi connectivity index (χ0v) is 21.1. The maximum atomic E-state index is 13.5. The first kappa shape index (κ1) is 29.0. The number of non-ortho nitro benzene ring substituents is 1. The molecule has 0 spiro atoms. The summed E-state index contributed by atoms with van der Waals surface area (Å²) in [5.74, 6) is -1.47. The molecule has 0 saturated carbocycles. The first-order chi connectivity index (χ1) is 17.7. The number of unbranched alkanes of at least 4 members (excludes halogenated alkanes) is 2. The van der Waals surface area contributed by atoms with E-state index in [1.54, 1.807) is 19.1 Å². The minimum absolute atomic E-state index is 0.00529. The molecule has 12 heteroatoms. The number of methoxy groups -OCH3 is 1. The van der Waals surface area contributed by atoms with E-state index in [9.17, 15) is 29.8 Å². The van der Waals surface area contributed by atoms with Gasteiger partial charge in [0.15, 0.2) is 5.75 Å². The Labute approximate surface area is 214 Å². The quantitative estimate of drug-likeness (QED) is 0.145. The number of rotatable bonds is 15. The standard InChI is InChI=1S/C25H31N3O9/c1-4-6-7-16-37-24-21(35-3)13-12-20(23(24)28(33)34)25(30)26(17-22(29)36-5-2)15-14-18-8-10-19(11-9-18)27(31)32/h8-13H,4-7,14-17H2,1-3H3. The van der Waals surface area contributed by atoms with Crippen LogP contribution < -0.4 is 9.47 Å². The van der Waals surface area contributed by atoms with Gasteiger partial charge in [0.05, 0.1) is 30.2 Å². The van der Waals surface area contributed by atoms with Gasteiger partial charge in [-0.1, -0.05) is 31.9 Å². The monoisotopic (exact) mass is 517 g/mol. The highest BCUT2D eigenvalue weighted by Gasteiger charge is 2.32. The summed E-state index contributed by atoms with van der Waals surface area (Å²) in [5, 5.41) is 23.0. The van der Waals surface area contributed by atoms with Crippen LogP contribution in [0.4, 0.5) is 11.4 Å². The predicted octanol–water partition coefficient (Wildman–Crippen LogP) is 4.33. The lowest BCUT2D eigenvalue weighted by Crippen LogP contribution is -2.38. The number of carbonyl (C=O) groups is 2. The largest absolute Gasteiger partial charge is 0.493 e. The fraction of sp³-hybridized carbons (Fsp3) is 0.440. The van der Waals surface area contributed by atoms with Gasteiger partial charge in [0, 0.05) is 18.7 Å². The Morgan fingerprint density at radius 1 is 0.973 bits per heavy atom. The van der Waals surface area contributed by atoms with E-state index >= 15 is 0 Å². The molecule has 0 atom stereocenters. The van der Waals surface area contributed by atoms with E-state index in [0.29, 0.717) is 12.0 Å². The molecule has 0 radical (unpaired) electrons. The minimum Gasteiger partial charge on any atom is -0.493 e. The van der Waals surface area contributed by atoms with Gasteiger partial charge >= 0.3 is 11.7 Å². The van der Waals surface area contributed by atoms with Gasteiger partial charge in [0.2, 0.25) is 5.75 Å². The normalized spacial score (nSPS) is 10.5. The van der Waals surface area contributed by atoms with Crippen LogP contribution in [0, 0.1) is 20.2 Å². The van der Waals surface area contributed by atoms with Gasteiger partial charge < -0.3 is 19.1 Å². The Hall–Kier alpha value is -4.22. The van der Waals surface area contributed by atoms with E-state index < -0.39 is 34.0 Å². The molecule has 0 N–H and O–H groups in total. The lowest BCUT2D eigenvalue weighted by atomic mass is 10.1. The summed E-state index contributed by atoms with van der Waals surface area (Å²) in [5.41, 5.74) is -0.214. The van der Waals surface area contributed by atoms with E-state index in [2.05, 4.69) is 0 Å². The smallest absolute Gasteiger partial charge is 0.327 e. The SMILES string of the molecule is CCCCCOc1c(OC)ccc(C(=O)N(CCc2ccc([N+](=O)[O-])cc2)CC(=O)OCC)c1[N+](=O)[O-]. The van der Waals surface area contributed by atoms with E-state index in [1.807, 2.05) is 6.92 Å². The lowest BCUT2D eigenvalue weighted by molar-refractivity contribution is -0.386. The molecule has 0 heterocycles.